The Kier molecular flexibility index (Phi) is 4.57. The van der Waals surface area contributed by atoms with Crippen LogP contribution in [0.5, 0.6) is 5.75 Å². The third-order valence-corrected chi connectivity index (χ3v) is 3.59. The molecule has 0 saturated heterocycles. The van der Waals surface area contributed by atoms with Crippen LogP contribution in [0.1, 0.15) is 37.7 Å². The summed E-state index contributed by atoms with van der Waals surface area (Å²) in [4.78, 5) is 11.2. The zero-order valence-corrected chi connectivity index (χ0v) is 10.6. The van der Waals surface area contributed by atoms with Crippen LogP contribution in [0.3, 0.4) is 0 Å². The molecule has 1 aliphatic rings. The lowest BCUT2D eigenvalue weighted by Gasteiger charge is -2.16. The monoisotopic (exact) mass is 244 g/mol. The molecule has 1 atom stereocenters. The zero-order chi connectivity index (χ0) is 12.8. The number of aromatic hydroxyl groups is 1. The first-order valence-corrected chi connectivity index (χ1v) is 6.71. The van der Waals surface area contributed by atoms with Gasteiger partial charge in [-0.05, 0) is 61.8 Å². The third kappa shape index (κ3) is 4.02. The van der Waals surface area contributed by atoms with Gasteiger partial charge in [0.2, 0.25) is 0 Å². The second-order valence-electron chi connectivity index (χ2n) is 5.07. The van der Waals surface area contributed by atoms with Gasteiger partial charge in [0.05, 0.1) is 0 Å². The SMILES string of the molecule is O=C1/C=C\CC(CCc2ccc(O)cc2)CCC1. The van der Waals surface area contributed by atoms with Gasteiger partial charge in [0.25, 0.3) is 0 Å². The molecule has 1 aromatic rings. The van der Waals surface area contributed by atoms with Crippen LogP contribution >= 0.6 is 0 Å². The van der Waals surface area contributed by atoms with Crippen molar-refractivity contribution in [3.8, 4) is 5.75 Å². The molecular formula is C16H20O2. The van der Waals surface area contributed by atoms with Crippen LogP contribution in [-0.4, -0.2) is 10.9 Å². The topological polar surface area (TPSA) is 37.3 Å². The summed E-state index contributed by atoms with van der Waals surface area (Å²) in [5.41, 5.74) is 1.27. The third-order valence-electron chi connectivity index (χ3n) is 3.59. The largest absolute Gasteiger partial charge is 0.508 e. The number of phenolic OH excluding ortho intramolecular Hbond substituents is 1. The number of carbonyl (C=O) groups is 1. The Morgan fingerprint density at radius 2 is 2.00 bits per heavy atom. The summed E-state index contributed by atoms with van der Waals surface area (Å²) in [6.07, 6.45) is 9.86. The fourth-order valence-electron chi connectivity index (χ4n) is 2.45. The molecular weight excluding hydrogens is 224 g/mol. The molecule has 0 aromatic heterocycles. The van der Waals surface area contributed by atoms with E-state index in [-0.39, 0.29) is 5.78 Å². The highest BCUT2D eigenvalue weighted by atomic mass is 16.3. The van der Waals surface area contributed by atoms with Gasteiger partial charge in [0.1, 0.15) is 5.75 Å². The number of hydrogen-bond acceptors (Lipinski definition) is 2. The average Bonchev–Trinajstić information content (AvgIpc) is 2.34. The molecule has 0 spiro atoms. The van der Waals surface area contributed by atoms with Crippen molar-refractivity contribution < 1.29 is 9.90 Å². The van der Waals surface area contributed by atoms with Crippen molar-refractivity contribution in [3.05, 3.63) is 42.0 Å². The number of aryl methyl sites for hydroxylation is 1. The summed E-state index contributed by atoms with van der Waals surface area (Å²) in [5, 5.41) is 9.23. The summed E-state index contributed by atoms with van der Waals surface area (Å²) >= 11 is 0. The van der Waals surface area contributed by atoms with Crippen LogP contribution in [-0.2, 0) is 11.2 Å². The fraction of sp³-hybridized carbons (Fsp3) is 0.438. The minimum Gasteiger partial charge on any atom is -0.508 e. The fourth-order valence-corrected chi connectivity index (χ4v) is 2.45. The lowest BCUT2D eigenvalue weighted by Crippen LogP contribution is -2.06. The molecule has 0 saturated carbocycles. The number of ketones is 1. The van der Waals surface area contributed by atoms with Crippen LogP contribution in [0.25, 0.3) is 0 Å². The number of carbonyl (C=O) groups excluding carboxylic acids is 1. The zero-order valence-electron chi connectivity index (χ0n) is 10.6. The van der Waals surface area contributed by atoms with Gasteiger partial charge in [-0.25, -0.2) is 0 Å². The van der Waals surface area contributed by atoms with Crippen molar-refractivity contribution in [2.75, 3.05) is 0 Å². The summed E-state index contributed by atoms with van der Waals surface area (Å²) in [6.45, 7) is 0. The van der Waals surface area contributed by atoms with Crippen molar-refractivity contribution in [2.24, 2.45) is 5.92 Å². The lowest BCUT2D eigenvalue weighted by molar-refractivity contribution is -0.114. The molecule has 0 aliphatic heterocycles. The maximum Gasteiger partial charge on any atom is 0.155 e. The molecule has 0 bridgehead atoms. The Morgan fingerprint density at radius 1 is 1.22 bits per heavy atom. The highest BCUT2D eigenvalue weighted by molar-refractivity contribution is 5.89. The number of allylic oxidation sites excluding steroid dienone is 2. The Balaban J connectivity index is 1.84. The first-order valence-electron chi connectivity index (χ1n) is 6.71. The molecule has 2 rings (SSSR count). The van der Waals surface area contributed by atoms with E-state index in [2.05, 4.69) is 0 Å². The summed E-state index contributed by atoms with van der Waals surface area (Å²) in [5.74, 6) is 1.28. The quantitative estimate of drug-likeness (QED) is 0.881. The van der Waals surface area contributed by atoms with Gasteiger partial charge in [0, 0.05) is 6.42 Å². The molecule has 1 unspecified atom stereocenters. The van der Waals surface area contributed by atoms with E-state index in [0.717, 1.165) is 32.1 Å². The van der Waals surface area contributed by atoms with Crippen molar-refractivity contribution in [1.29, 1.82) is 0 Å². The summed E-state index contributed by atoms with van der Waals surface area (Å²) in [7, 11) is 0. The van der Waals surface area contributed by atoms with E-state index < -0.39 is 0 Å². The molecule has 96 valence electrons. The van der Waals surface area contributed by atoms with Crippen LogP contribution in [0, 0.1) is 5.92 Å². The molecule has 0 fully saturated rings. The molecule has 2 nitrogen and oxygen atoms in total. The summed E-state index contributed by atoms with van der Waals surface area (Å²) in [6, 6.07) is 7.45. The Morgan fingerprint density at radius 3 is 2.78 bits per heavy atom. The van der Waals surface area contributed by atoms with E-state index in [0.29, 0.717) is 18.1 Å². The van der Waals surface area contributed by atoms with E-state index >= 15 is 0 Å². The molecule has 1 aromatic carbocycles. The van der Waals surface area contributed by atoms with Crippen molar-refractivity contribution >= 4 is 5.78 Å². The van der Waals surface area contributed by atoms with Gasteiger partial charge in [-0.15, -0.1) is 0 Å². The van der Waals surface area contributed by atoms with Crippen molar-refractivity contribution in [3.63, 3.8) is 0 Å². The molecule has 18 heavy (non-hydrogen) atoms. The van der Waals surface area contributed by atoms with Gasteiger partial charge < -0.3 is 5.11 Å². The van der Waals surface area contributed by atoms with E-state index in [1.807, 2.05) is 18.2 Å². The second-order valence-corrected chi connectivity index (χ2v) is 5.07. The predicted molar refractivity (Wildman–Crippen MR) is 72.5 cm³/mol. The maximum atomic E-state index is 11.2. The molecule has 1 N–H and O–H groups in total. The minimum absolute atomic E-state index is 0.270. The molecule has 0 radical (unpaired) electrons. The Bertz CT molecular complexity index is 417. The van der Waals surface area contributed by atoms with E-state index in [9.17, 15) is 9.90 Å². The highest BCUT2D eigenvalue weighted by Gasteiger charge is 2.11. The smallest absolute Gasteiger partial charge is 0.155 e. The normalized spacial score (nSPS) is 22.2. The summed E-state index contributed by atoms with van der Waals surface area (Å²) < 4.78 is 0. The van der Waals surface area contributed by atoms with Gasteiger partial charge in [-0.3, -0.25) is 4.79 Å². The van der Waals surface area contributed by atoms with Gasteiger partial charge >= 0.3 is 0 Å². The number of hydrogen-bond donors (Lipinski definition) is 1. The minimum atomic E-state index is 0.270. The van der Waals surface area contributed by atoms with Crippen molar-refractivity contribution in [1.82, 2.24) is 0 Å². The van der Waals surface area contributed by atoms with Crippen LogP contribution < -0.4 is 0 Å². The van der Waals surface area contributed by atoms with E-state index in [1.54, 1.807) is 18.2 Å². The van der Waals surface area contributed by atoms with Gasteiger partial charge in [0.15, 0.2) is 5.78 Å². The first kappa shape index (κ1) is 12.9. The van der Waals surface area contributed by atoms with E-state index in [4.69, 9.17) is 0 Å². The van der Waals surface area contributed by atoms with Gasteiger partial charge in [-0.2, -0.15) is 0 Å². The average molecular weight is 244 g/mol. The predicted octanol–water partition coefficient (Wildman–Crippen LogP) is 3.64. The number of phenols is 1. The Hall–Kier alpha value is -1.57. The second kappa shape index (κ2) is 6.39. The molecule has 2 heteroatoms. The highest BCUT2D eigenvalue weighted by Crippen LogP contribution is 2.22. The van der Waals surface area contributed by atoms with Crippen LogP contribution in [0.15, 0.2) is 36.4 Å². The standard InChI is InChI=1S/C16H20O2/c17-15-5-1-3-13(4-2-6-15)7-8-14-9-11-16(18)12-10-14/h1,5,9-13,18H,2-4,6-8H2/b5-1-. The number of benzene rings is 1. The molecule has 0 amide bonds. The molecule has 1 aliphatic carbocycles. The lowest BCUT2D eigenvalue weighted by atomic mass is 9.89. The van der Waals surface area contributed by atoms with Gasteiger partial charge in [-0.1, -0.05) is 18.2 Å². The Labute approximate surface area is 108 Å². The van der Waals surface area contributed by atoms with E-state index in [1.165, 1.54) is 5.56 Å². The molecule has 0 heterocycles. The van der Waals surface area contributed by atoms with Crippen molar-refractivity contribution in [2.45, 2.75) is 38.5 Å². The maximum absolute atomic E-state index is 11.2. The first-order chi connectivity index (χ1) is 8.74. The van der Waals surface area contributed by atoms with Crippen LogP contribution in [0.2, 0.25) is 0 Å². The number of rotatable bonds is 3. The van der Waals surface area contributed by atoms with Crippen LogP contribution in [0.4, 0.5) is 0 Å².